The third-order valence-electron chi connectivity index (χ3n) is 3.50. The molecule has 1 aromatic heterocycles. The Bertz CT molecular complexity index is 841. The van der Waals surface area contributed by atoms with Crippen molar-refractivity contribution in [2.45, 2.75) is 19.9 Å². The van der Waals surface area contributed by atoms with E-state index in [1.54, 1.807) is 6.07 Å². The molecule has 112 valence electrons. The van der Waals surface area contributed by atoms with Crippen LogP contribution < -0.4 is 5.32 Å². The van der Waals surface area contributed by atoms with Gasteiger partial charge in [-0.05, 0) is 49.7 Å². The number of H-pyrrole nitrogens is 1. The maximum atomic E-state index is 13.2. The number of aromatic nitrogens is 2. The zero-order chi connectivity index (χ0) is 15.7. The molecule has 3 rings (SSSR count). The molecule has 0 radical (unpaired) electrons. The average Bonchev–Trinajstić information content (AvgIpc) is 2.90. The van der Waals surface area contributed by atoms with Crippen LogP contribution in [0.3, 0.4) is 0 Å². The number of aromatic amines is 1. The summed E-state index contributed by atoms with van der Waals surface area (Å²) in [6, 6.07) is 11.2. The second-order valence-electron chi connectivity index (χ2n) is 5.35. The summed E-state index contributed by atoms with van der Waals surface area (Å²) in [5, 5.41) is 2.82. The third-order valence-corrected chi connectivity index (χ3v) is 3.50. The van der Waals surface area contributed by atoms with E-state index in [9.17, 15) is 9.18 Å². The largest absolute Gasteiger partial charge is 0.342 e. The Morgan fingerprint density at radius 3 is 2.86 bits per heavy atom. The van der Waals surface area contributed by atoms with Gasteiger partial charge in [-0.3, -0.25) is 4.79 Å². The first-order chi connectivity index (χ1) is 10.5. The minimum absolute atomic E-state index is 0.291. The maximum absolute atomic E-state index is 13.2. The summed E-state index contributed by atoms with van der Waals surface area (Å²) in [5.41, 5.74) is 3.22. The highest BCUT2D eigenvalue weighted by molar-refractivity contribution is 5.94. The predicted octanol–water partition coefficient (Wildman–Crippen LogP) is 3.50. The maximum Gasteiger partial charge on any atom is 0.251 e. The molecule has 0 aliphatic heterocycles. The molecule has 3 aromatic rings. The number of imidazole rings is 1. The molecule has 0 bridgehead atoms. The topological polar surface area (TPSA) is 57.8 Å². The molecule has 2 aromatic carbocycles. The van der Waals surface area contributed by atoms with E-state index < -0.39 is 5.82 Å². The Morgan fingerprint density at radius 1 is 1.27 bits per heavy atom. The smallest absolute Gasteiger partial charge is 0.251 e. The number of rotatable bonds is 3. The number of aryl methyl sites for hydroxylation is 1. The summed E-state index contributed by atoms with van der Waals surface area (Å²) < 4.78 is 13.2. The van der Waals surface area contributed by atoms with E-state index in [4.69, 9.17) is 0 Å². The first-order valence-corrected chi connectivity index (χ1v) is 7.05. The normalized spacial score (nSPS) is 12.3. The quantitative estimate of drug-likeness (QED) is 0.777. The van der Waals surface area contributed by atoms with Crippen LogP contribution in [0.4, 0.5) is 4.39 Å². The first-order valence-electron chi connectivity index (χ1n) is 7.05. The van der Waals surface area contributed by atoms with Gasteiger partial charge in [0, 0.05) is 5.56 Å². The van der Waals surface area contributed by atoms with E-state index in [0.717, 1.165) is 16.6 Å². The number of benzene rings is 2. The van der Waals surface area contributed by atoms with E-state index in [2.05, 4.69) is 15.3 Å². The number of amides is 1. The standard InChI is InChI=1S/C17H16FN3O/c1-10-6-7-14-15(8-10)21-16(20-14)11(2)19-17(22)12-4-3-5-13(18)9-12/h3-9,11H,1-2H3,(H,19,22)(H,20,21). The van der Waals surface area contributed by atoms with Gasteiger partial charge < -0.3 is 10.3 Å². The Hall–Kier alpha value is -2.69. The van der Waals surface area contributed by atoms with Crippen LogP contribution in [0, 0.1) is 12.7 Å². The van der Waals surface area contributed by atoms with Crippen molar-refractivity contribution in [1.82, 2.24) is 15.3 Å². The number of nitrogens with zero attached hydrogens (tertiary/aromatic N) is 1. The number of halogens is 1. The van der Waals surface area contributed by atoms with Crippen molar-refractivity contribution in [3.05, 3.63) is 65.2 Å². The third kappa shape index (κ3) is 2.83. The van der Waals surface area contributed by atoms with Crippen LogP contribution in [-0.4, -0.2) is 15.9 Å². The molecular formula is C17H16FN3O. The summed E-state index contributed by atoms with van der Waals surface area (Å²) in [4.78, 5) is 19.8. The van der Waals surface area contributed by atoms with Crippen LogP contribution in [0.1, 0.15) is 34.7 Å². The summed E-state index contributed by atoms with van der Waals surface area (Å²) >= 11 is 0. The van der Waals surface area contributed by atoms with Crippen molar-refractivity contribution in [1.29, 1.82) is 0 Å². The molecule has 2 N–H and O–H groups in total. The molecule has 5 heteroatoms. The number of carbonyl (C=O) groups is 1. The molecule has 0 spiro atoms. The van der Waals surface area contributed by atoms with Gasteiger partial charge in [0.05, 0.1) is 17.1 Å². The number of fused-ring (bicyclic) bond motifs is 1. The molecule has 0 saturated heterocycles. The Balaban J connectivity index is 1.80. The van der Waals surface area contributed by atoms with Gasteiger partial charge in [0.15, 0.2) is 0 Å². The van der Waals surface area contributed by atoms with Gasteiger partial charge >= 0.3 is 0 Å². The Kier molecular flexibility index (Phi) is 3.63. The van der Waals surface area contributed by atoms with Crippen LogP contribution in [-0.2, 0) is 0 Å². The number of nitrogens with one attached hydrogen (secondary N) is 2. The number of hydrogen-bond acceptors (Lipinski definition) is 2. The van der Waals surface area contributed by atoms with Gasteiger partial charge in [-0.2, -0.15) is 0 Å². The lowest BCUT2D eigenvalue weighted by molar-refractivity contribution is 0.0938. The fraction of sp³-hybridized carbons (Fsp3) is 0.176. The zero-order valence-electron chi connectivity index (χ0n) is 12.4. The lowest BCUT2D eigenvalue weighted by Crippen LogP contribution is -2.27. The fourth-order valence-corrected chi connectivity index (χ4v) is 2.33. The van der Waals surface area contributed by atoms with Crippen LogP contribution in [0.5, 0.6) is 0 Å². The first kappa shape index (κ1) is 14.3. The SMILES string of the molecule is Cc1ccc2nc(C(C)NC(=O)c3cccc(F)c3)[nH]c2c1. The molecule has 1 atom stereocenters. The van der Waals surface area contributed by atoms with Gasteiger partial charge in [-0.25, -0.2) is 9.37 Å². The van der Waals surface area contributed by atoms with Crippen molar-refractivity contribution in [3.63, 3.8) is 0 Å². The monoisotopic (exact) mass is 297 g/mol. The molecule has 0 fully saturated rings. The highest BCUT2D eigenvalue weighted by atomic mass is 19.1. The Labute approximate surface area is 127 Å². The minimum Gasteiger partial charge on any atom is -0.342 e. The second-order valence-corrected chi connectivity index (χ2v) is 5.35. The van der Waals surface area contributed by atoms with E-state index >= 15 is 0 Å². The van der Waals surface area contributed by atoms with Gasteiger partial charge in [0.2, 0.25) is 0 Å². The van der Waals surface area contributed by atoms with Gasteiger partial charge in [0.25, 0.3) is 5.91 Å². The van der Waals surface area contributed by atoms with E-state index in [1.807, 2.05) is 32.0 Å². The molecule has 22 heavy (non-hydrogen) atoms. The summed E-state index contributed by atoms with van der Waals surface area (Å²) in [7, 11) is 0. The minimum atomic E-state index is -0.431. The second kappa shape index (κ2) is 5.60. The van der Waals surface area contributed by atoms with Crippen LogP contribution in [0.25, 0.3) is 11.0 Å². The fourth-order valence-electron chi connectivity index (χ4n) is 2.33. The van der Waals surface area contributed by atoms with E-state index in [-0.39, 0.29) is 11.9 Å². The lowest BCUT2D eigenvalue weighted by atomic mass is 10.2. The van der Waals surface area contributed by atoms with Crippen molar-refractivity contribution >= 4 is 16.9 Å². The molecule has 0 saturated carbocycles. The van der Waals surface area contributed by atoms with Crippen LogP contribution in [0.15, 0.2) is 42.5 Å². The zero-order valence-corrected chi connectivity index (χ0v) is 12.4. The predicted molar refractivity (Wildman–Crippen MR) is 83.1 cm³/mol. The van der Waals surface area contributed by atoms with Crippen LogP contribution >= 0.6 is 0 Å². The van der Waals surface area contributed by atoms with Crippen molar-refractivity contribution in [2.75, 3.05) is 0 Å². The molecule has 0 aliphatic carbocycles. The van der Waals surface area contributed by atoms with Crippen LogP contribution in [0.2, 0.25) is 0 Å². The molecule has 1 unspecified atom stereocenters. The molecule has 4 nitrogen and oxygen atoms in total. The molecule has 1 heterocycles. The number of carbonyl (C=O) groups excluding carboxylic acids is 1. The van der Waals surface area contributed by atoms with Crippen molar-refractivity contribution in [2.24, 2.45) is 0 Å². The highest BCUT2D eigenvalue weighted by Gasteiger charge is 2.15. The summed E-state index contributed by atoms with van der Waals surface area (Å²) in [5.74, 6) is -0.0893. The van der Waals surface area contributed by atoms with E-state index in [1.165, 1.54) is 18.2 Å². The van der Waals surface area contributed by atoms with E-state index in [0.29, 0.717) is 11.4 Å². The van der Waals surface area contributed by atoms with Gasteiger partial charge in [-0.1, -0.05) is 12.1 Å². The van der Waals surface area contributed by atoms with Gasteiger partial charge in [-0.15, -0.1) is 0 Å². The number of hydrogen-bond donors (Lipinski definition) is 2. The highest BCUT2D eigenvalue weighted by Crippen LogP contribution is 2.17. The lowest BCUT2D eigenvalue weighted by Gasteiger charge is -2.11. The molecule has 1 amide bonds. The molecule has 0 aliphatic rings. The van der Waals surface area contributed by atoms with Crippen molar-refractivity contribution in [3.8, 4) is 0 Å². The van der Waals surface area contributed by atoms with Gasteiger partial charge in [0.1, 0.15) is 11.6 Å². The molecular weight excluding hydrogens is 281 g/mol. The summed E-state index contributed by atoms with van der Waals surface area (Å²) in [6.07, 6.45) is 0. The summed E-state index contributed by atoms with van der Waals surface area (Å²) in [6.45, 7) is 3.84. The average molecular weight is 297 g/mol. The Morgan fingerprint density at radius 2 is 2.09 bits per heavy atom. The van der Waals surface area contributed by atoms with Crippen molar-refractivity contribution < 1.29 is 9.18 Å².